The van der Waals surface area contributed by atoms with Crippen molar-refractivity contribution in [3.63, 3.8) is 0 Å². The SMILES string of the molecule is CC1Cc2cc(/C(O)=C3/C(=O)C(=O)N(CCN(C)C)C3c3ccco3)ccc2O1. The van der Waals surface area contributed by atoms with Crippen LogP contribution in [0, 0.1) is 0 Å². The molecule has 1 saturated heterocycles. The third kappa shape index (κ3) is 3.42. The molecular formula is C22H24N2O5. The first-order valence-corrected chi connectivity index (χ1v) is 9.63. The topological polar surface area (TPSA) is 83.2 Å². The van der Waals surface area contributed by atoms with Crippen LogP contribution < -0.4 is 4.74 Å². The van der Waals surface area contributed by atoms with E-state index in [1.165, 1.54) is 11.2 Å². The van der Waals surface area contributed by atoms with Gasteiger partial charge in [-0.15, -0.1) is 0 Å². The van der Waals surface area contributed by atoms with Gasteiger partial charge in [0.05, 0.1) is 11.8 Å². The van der Waals surface area contributed by atoms with E-state index in [2.05, 4.69) is 0 Å². The van der Waals surface area contributed by atoms with E-state index < -0.39 is 17.7 Å². The number of Topliss-reactive ketones (excluding diaryl/α,β-unsaturated/α-hetero) is 1. The standard InChI is InChI=1S/C22H24N2O5/c1-13-11-15-12-14(6-7-16(15)29-13)20(25)18-19(17-5-4-10-28-17)24(9-8-23(2)3)22(27)21(18)26/h4-7,10,12-13,19,25H,8-9,11H2,1-3H3/b20-18-. The zero-order valence-corrected chi connectivity index (χ0v) is 16.7. The van der Waals surface area contributed by atoms with Gasteiger partial charge in [0.15, 0.2) is 0 Å². The first kappa shape index (κ1) is 19.3. The highest BCUT2D eigenvalue weighted by Crippen LogP contribution is 2.40. The molecular weight excluding hydrogens is 372 g/mol. The normalized spacial score (nSPS) is 23.0. The number of likely N-dealkylation sites (N-methyl/N-ethyl adjacent to an activating group) is 1. The maximum absolute atomic E-state index is 12.9. The highest BCUT2D eigenvalue weighted by molar-refractivity contribution is 6.46. The molecule has 0 radical (unpaired) electrons. The highest BCUT2D eigenvalue weighted by Gasteiger charge is 2.47. The van der Waals surface area contributed by atoms with Gasteiger partial charge in [-0.2, -0.15) is 0 Å². The lowest BCUT2D eigenvalue weighted by Crippen LogP contribution is -2.35. The van der Waals surface area contributed by atoms with Crippen LogP contribution in [0.15, 0.2) is 46.6 Å². The Kier molecular flexibility index (Phi) is 4.92. The summed E-state index contributed by atoms with van der Waals surface area (Å²) in [5, 5.41) is 11.1. The number of fused-ring (bicyclic) bond motifs is 1. The fourth-order valence-electron chi connectivity index (χ4n) is 3.89. The van der Waals surface area contributed by atoms with Crippen LogP contribution in [-0.2, 0) is 16.0 Å². The molecule has 1 fully saturated rings. The number of likely N-dealkylation sites (tertiary alicyclic amines) is 1. The van der Waals surface area contributed by atoms with Crippen LogP contribution in [0.2, 0.25) is 0 Å². The number of aliphatic hydroxyl groups is 1. The number of hydrogen-bond acceptors (Lipinski definition) is 6. The Morgan fingerprint density at radius 2 is 2.07 bits per heavy atom. The Morgan fingerprint density at radius 3 is 2.76 bits per heavy atom. The molecule has 0 spiro atoms. The molecule has 152 valence electrons. The summed E-state index contributed by atoms with van der Waals surface area (Å²) in [6.45, 7) is 2.90. The first-order chi connectivity index (χ1) is 13.9. The molecule has 2 aliphatic heterocycles. The number of benzene rings is 1. The Balaban J connectivity index is 1.78. The van der Waals surface area contributed by atoms with E-state index in [9.17, 15) is 14.7 Å². The average molecular weight is 396 g/mol. The molecule has 7 nitrogen and oxygen atoms in total. The molecule has 0 aliphatic carbocycles. The third-order valence-electron chi connectivity index (χ3n) is 5.31. The number of carbonyl (C=O) groups excluding carboxylic acids is 2. The van der Waals surface area contributed by atoms with Crippen molar-refractivity contribution < 1.29 is 23.8 Å². The number of rotatable bonds is 5. The summed E-state index contributed by atoms with van der Waals surface area (Å²) in [4.78, 5) is 29.0. The predicted octanol–water partition coefficient (Wildman–Crippen LogP) is 2.59. The second-order valence-corrected chi connectivity index (χ2v) is 7.77. The first-order valence-electron chi connectivity index (χ1n) is 9.63. The molecule has 2 aliphatic rings. The lowest BCUT2D eigenvalue weighted by Gasteiger charge is -2.24. The molecule has 1 N–H and O–H groups in total. The molecule has 2 unspecified atom stereocenters. The lowest BCUT2D eigenvalue weighted by molar-refractivity contribution is -0.140. The van der Waals surface area contributed by atoms with Gasteiger partial charge in [-0.1, -0.05) is 0 Å². The number of nitrogens with zero attached hydrogens (tertiary/aromatic N) is 2. The molecule has 1 aromatic heterocycles. The number of amides is 1. The van der Waals surface area contributed by atoms with E-state index in [0.29, 0.717) is 24.4 Å². The number of ketones is 1. The molecule has 0 saturated carbocycles. The molecule has 1 amide bonds. The van der Waals surface area contributed by atoms with Crippen LogP contribution in [0.4, 0.5) is 0 Å². The van der Waals surface area contributed by atoms with Gasteiger partial charge >= 0.3 is 0 Å². The number of furan rings is 1. The van der Waals surface area contributed by atoms with Gasteiger partial charge in [0.2, 0.25) is 0 Å². The van der Waals surface area contributed by atoms with Crippen molar-refractivity contribution in [1.29, 1.82) is 0 Å². The van der Waals surface area contributed by atoms with E-state index in [-0.39, 0.29) is 17.4 Å². The van der Waals surface area contributed by atoms with Crippen LogP contribution in [0.3, 0.4) is 0 Å². The van der Waals surface area contributed by atoms with Crippen molar-refractivity contribution in [3.8, 4) is 5.75 Å². The highest BCUT2D eigenvalue weighted by atomic mass is 16.5. The minimum absolute atomic E-state index is 0.0515. The Labute approximate surface area is 169 Å². The van der Waals surface area contributed by atoms with Gasteiger partial charge in [0, 0.05) is 25.1 Å². The van der Waals surface area contributed by atoms with Crippen molar-refractivity contribution in [2.24, 2.45) is 0 Å². The molecule has 0 bridgehead atoms. The van der Waals surface area contributed by atoms with Crippen LogP contribution in [0.5, 0.6) is 5.75 Å². The molecule has 3 heterocycles. The van der Waals surface area contributed by atoms with Gasteiger partial charge in [-0.3, -0.25) is 9.59 Å². The maximum Gasteiger partial charge on any atom is 0.295 e. The number of carbonyl (C=O) groups is 2. The maximum atomic E-state index is 12.9. The van der Waals surface area contributed by atoms with Gasteiger partial charge in [-0.25, -0.2) is 0 Å². The van der Waals surface area contributed by atoms with Crippen molar-refractivity contribution in [3.05, 3.63) is 59.1 Å². The molecule has 2 aromatic rings. The predicted molar refractivity (Wildman–Crippen MR) is 107 cm³/mol. The van der Waals surface area contributed by atoms with Crippen LogP contribution >= 0.6 is 0 Å². The van der Waals surface area contributed by atoms with Gasteiger partial charge in [0.1, 0.15) is 29.4 Å². The summed E-state index contributed by atoms with van der Waals surface area (Å²) in [5.74, 6) is -0.300. The smallest absolute Gasteiger partial charge is 0.295 e. The van der Waals surface area contributed by atoms with Crippen molar-refractivity contribution in [2.75, 3.05) is 27.2 Å². The molecule has 4 rings (SSSR count). The zero-order chi connectivity index (χ0) is 20.7. The van der Waals surface area contributed by atoms with Crippen LogP contribution in [-0.4, -0.2) is 59.9 Å². The molecule has 7 heteroatoms. The Hall–Kier alpha value is -3.06. The van der Waals surface area contributed by atoms with Gasteiger partial charge < -0.3 is 24.1 Å². The average Bonchev–Trinajstić information content (AvgIpc) is 3.38. The monoisotopic (exact) mass is 396 g/mol. The number of hydrogen-bond donors (Lipinski definition) is 1. The van der Waals surface area contributed by atoms with E-state index in [1.54, 1.807) is 24.3 Å². The van der Waals surface area contributed by atoms with Crippen molar-refractivity contribution in [1.82, 2.24) is 9.80 Å². The zero-order valence-electron chi connectivity index (χ0n) is 16.7. The van der Waals surface area contributed by atoms with Crippen molar-refractivity contribution in [2.45, 2.75) is 25.5 Å². The summed E-state index contributed by atoms with van der Waals surface area (Å²) in [6, 6.07) is 7.98. The molecule has 1 aromatic carbocycles. The van der Waals surface area contributed by atoms with Crippen LogP contribution in [0.1, 0.15) is 29.9 Å². The fraction of sp³-hybridized carbons (Fsp3) is 0.364. The summed E-state index contributed by atoms with van der Waals surface area (Å²) in [5.41, 5.74) is 1.51. The van der Waals surface area contributed by atoms with Gasteiger partial charge in [-0.05, 0) is 56.9 Å². The largest absolute Gasteiger partial charge is 0.507 e. The summed E-state index contributed by atoms with van der Waals surface area (Å²) in [6.07, 6.45) is 2.30. The second kappa shape index (κ2) is 7.40. The molecule has 2 atom stereocenters. The fourth-order valence-corrected chi connectivity index (χ4v) is 3.89. The minimum atomic E-state index is -0.756. The van der Waals surface area contributed by atoms with Gasteiger partial charge in [0.25, 0.3) is 11.7 Å². The van der Waals surface area contributed by atoms with E-state index in [4.69, 9.17) is 9.15 Å². The lowest BCUT2D eigenvalue weighted by atomic mass is 9.97. The second-order valence-electron chi connectivity index (χ2n) is 7.77. The third-order valence-corrected chi connectivity index (χ3v) is 5.31. The van der Waals surface area contributed by atoms with Crippen molar-refractivity contribution >= 4 is 17.4 Å². The Morgan fingerprint density at radius 1 is 1.28 bits per heavy atom. The number of aliphatic hydroxyl groups excluding tert-OH is 1. The molecule has 29 heavy (non-hydrogen) atoms. The minimum Gasteiger partial charge on any atom is -0.507 e. The van der Waals surface area contributed by atoms with E-state index in [1.807, 2.05) is 32.0 Å². The van der Waals surface area contributed by atoms with Crippen LogP contribution in [0.25, 0.3) is 5.76 Å². The van der Waals surface area contributed by atoms with E-state index in [0.717, 1.165) is 17.7 Å². The summed E-state index contributed by atoms with van der Waals surface area (Å²) >= 11 is 0. The quantitative estimate of drug-likeness (QED) is 0.475. The summed E-state index contributed by atoms with van der Waals surface area (Å²) < 4.78 is 11.2. The Bertz CT molecular complexity index is 977. The number of ether oxygens (including phenoxy) is 1. The van der Waals surface area contributed by atoms with E-state index >= 15 is 0 Å². The summed E-state index contributed by atoms with van der Waals surface area (Å²) in [7, 11) is 3.79.